The summed E-state index contributed by atoms with van der Waals surface area (Å²) in [5.41, 5.74) is -0.583. The summed E-state index contributed by atoms with van der Waals surface area (Å²) >= 11 is 13.4. The first-order chi connectivity index (χ1) is 15.8. The van der Waals surface area contributed by atoms with Gasteiger partial charge in [0.1, 0.15) is 10.4 Å². The van der Waals surface area contributed by atoms with E-state index in [1.54, 1.807) is 0 Å². The molecular formula is C21H25Cl2N3O5S2. The van der Waals surface area contributed by atoms with Gasteiger partial charge in [0, 0.05) is 25.5 Å². The van der Waals surface area contributed by atoms with Gasteiger partial charge in [0.25, 0.3) is 5.56 Å². The van der Waals surface area contributed by atoms with Gasteiger partial charge < -0.3 is 14.6 Å². The van der Waals surface area contributed by atoms with E-state index in [0.717, 1.165) is 43.1 Å². The van der Waals surface area contributed by atoms with Crippen LogP contribution in [0.25, 0.3) is 0 Å². The standard InChI is InChI=1S/C21H25Cl2N3O5S2/c22-15-12-26(19(27)10-17(15)33(29,30)14-3-1-2-4-14)16(9-13-5-7-31-8-6-13)20(28)25-21-24-11-18(23)32-21/h10-14,16H,1-9H2,(H,24,25,28). The van der Waals surface area contributed by atoms with Gasteiger partial charge >= 0.3 is 0 Å². The fourth-order valence-electron chi connectivity index (χ4n) is 4.49. The topological polar surface area (TPSA) is 107 Å². The summed E-state index contributed by atoms with van der Waals surface area (Å²) in [6, 6.07) is 0.171. The van der Waals surface area contributed by atoms with E-state index < -0.39 is 32.6 Å². The summed E-state index contributed by atoms with van der Waals surface area (Å²) < 4.78 is 33.1. The quantitative estimate of drug-likeness (QED) is 0.567. The predicted molar refractivity (Wildman–Crippen MR) is 128 cm³/mol. The van der Waals surface area contributed by atoms with Crippen LogP contribution in [0.2, 0.25) is 9.36 Å². The molecule has 1 N–H and O–H groups in total. The molecule has 1 aliphatic carbocycles. The molecule has 2 aromatic heterocycles. The fourth-order valence-corrected chi connectivity index (χ4v) is 7.69. The Labute approximate surface area is 206 Å². The van der Waals surface area contributed by atoms with Crippen molar-refractivity contribution in [1.82, 2.24) is 9.55 Å². The summed E-state index contributed by atoms with van der Waals surface area (Å²) in [7, 11) is -3.71. The van der Waals surface area contributed by atoms with Crippen LogP contribution in [0.4, 0.5) is 5.13 Å². The summed E-state index contributed by atoms with van der Waals surface area (Å²) in [5, 5.41) is 2.46. The third kappa shape index (κ3) is 5.62. The van der Waals surface area contributed by atoms with Crippen molar-refractivity contribution in [2.75, 3.05) is 18.5 Å². The highest BCUT2D eigenvalue weighted by molar-refractivity contribution is 7.92. The largest absolute Gasteiger partial charge is 0.381 e. The van der Waals surface area contributed by atoms with Crippen molar-refractivity contribution >= 4 is 55.4 Å². The van der Waals surface area contributed by atoms with Gasteiger partial charge in [-0.25, -0.2) is 13.4 Å². The number of pyridine rings is 1. The highest BCUT2D eigenvalue weighted by Crippen LogP contribution is 2.34. The van der Waals surface area contributed by atoms with E-state index >= 15 is 0 Å². The number of thiazole rings is 1. The van der Waals surface area contributed by atoms with Gasteiger partial charge in [-0.1, -0.05) is 47.4 Å². The highest BCUT2D eigenvalue weighted by Gasteiger charge is 2.34. The van der Waals surface area contributed by atoms with Gasteiger partial charge in [0.15, 0.2) is 15.0 Å². The van der Waals surface area contributed by atoms with Gasteiger partial charge in [-0.15, -0.1) is 0 Å². The smallest absolute Gasteiger partial charge is 0.252 e. The molecule has 1 unspecified atom stereocenters. The second-order valence-corrected chi connectivity index (χ2v) is 12.7. The number of nitrogens with one attached hydrogen (secondary N) is 1. The fraction of sp³-hybridized carbons (Fsp3) is 0.571. The zero-order valence-corrected chi connectivity index (χ0v) is 21.0. The van der Waals surface area contributed by atoms with Crippen LogP contribution >= 0.6 is 34.5 Å². The Bertz CT molecular complexity index is 1170. The number of hydrogen-bond donors (Lipinski definition) is 1. The molecule has 1 saturated heterocycles. The molecule has 0 radical (unpaired) electrons. The third-order valence-electron chi connectivity index (χ3n) is 6.29. The maximum atomic E-state index is 13.2. The molecule has 0 aromatic carbocycles. The van der Waals surface area contributed by atoms with Crippen LogP contribution in [0.15, 0.2) is 28.2 Å². The molecule has 2 aliphatic rings. The van der Waals surface area contributed by atoms with Crippen molar-refractivity contribution in [2.24, 2.45) is 5.92 Å². The van der Waals surface area contributed by atoms with Crippen molar-refractivity contribution in [3.8, 4) is 0 Å². The predicted octanol–water partition coefficient (Wildman–Crippen LogP) is 4.32. The van der Waals surface area contributed by atoms with Crippen molar-refractivity contribution in [3.05, 3.63) is 38.2 Å². The minimum Gasteiger partial charge on any atom is -0.381 e. The minimum absolute atomic E-state index is 0.0522. The molecule has 0 bridgehead atoms. The number of aromatic nitrogens is 2. The molecule has 1 atom stereocenters. The number of halogens is 2. The van der Waals surface area contributed by atoms with Crippen LogP contribution in [0.1, 0.15) is 51.0 Å². The Kier molecular flexibility index (Phi) is 7.80. The number of carbonyl (C=O) groups excluding carboxylic acids is 1. The van der Waals surface area contributed by atoms with Crippen LogP contribution < -0.4 is 10.9 Å². The van der Waals surface area contributed by atoms with Gasteiger partial charge in [-0.2, -0.15) is 0 Å². The lowest BCUT2D eigenvalue weighted by Gasteiger charge is -2.27. The van der Waals surface area contributed by atoms with Crippen molar-refractivity contribution in [3.63, 3.8) is 0 Å². The number of anilines is 1. The zero-order chi connectivity index (χ0) is 23.6. The van der Waals surface area contributed by atoms with Crippen LogP contribution in [-0.2, 0) is 19.4 Å². The first-order valence-electron chi connectivity index (χ1n) is 10.9. The van der Waals surface area contributed by atoms with Gasteiger partial charge in [0.2, 0.25) is 5.91 Å². The monoisotopic (exact) mass is 533 g/mol. The molecule has 2 aromatic rings. The normalized spacial score (nSPS) is 19.0. The lowest BCUT2D eigenvalue weighted by molar-refractivity contribution is -0.120. The van der Waals surface area contributed by atoms with E-state index in [4.69, 9.17) is 27.9 Å². The molecule has 2 fully saturated rings. The highest BCUT2D eigenvalue weighted by atomic mass is 35.5. The molecule has 1 amide bonds. The second-order valence-electron chi connectivity index (χ2n) is 8.45. The Morgan fingerprint density at radius 1 is 1.24 bits per heavy atom. The SMILES string of the molecule is O=C(Nc1ncc(Cl)s1)C(CC1CCOCC1)n1cc(Cl)c(S(=O)(=O)C2CCCC2)cc1=O. The van der Waals surface area contributed by atoms with E-state index in [0.29, 0.717) is 41.9 Å². The molecule has 4 rings (SSSR count). The van der Waals surface area contributed by atoms with Crippen molar-refractivity contribution in [1.29, 1.82) is 0 Å². The Balaban J connectivity index is 1.67. The molecule has 0 spiro atoms. The van der Waals surface area contributed by atoms with Crippen LogP contribution in [0, 0.1) is 5.92 Å². The van der Waals surface area contributed by atoms with Crippen LogP contribution in [0.3, 0.4) is 0 Å². The van der Waals surface area contributed by atoms with Gasteiger partial charge in [0.05, 0.1) is 21.4 Å². The number of carbonyl (C=O) groups is 1. The first-order valence-corrected chi connectivity index (χ1v) is 14.0. The van der Waals surface area contributed by atoms with E-state index in [2.05, 4.69) is 10.3 Å². The first kappa shape index (κ1) is 24.7. The number of hydrogen-bond acceptors (Lipinski definition) is 7. The Morgan fingerprint density at radius 3 is 2.58 bits per heavy atom. The molecule has 1 aliphatic heterocycles. The number of amides is 1. The average Bonchev–Trinajstić information content (AvgIpc) is 3.46. The second kappa shape index (κ2) is 10.4. The number of sulfone groups is 1. The van der Waals surface area contributed by atoms with Crippen LogP contribution in [0.5, 0.6) is 0 Å². The molecule has 8 nitrogen and oxygen atoms in total. The summed E-state index contributed by atoms with van der Waals surface area (Å²) in [6.07, 6.45) is 7.44. The Hall–Kier alpha value is -1.46. The van der Waals surface area contributed by atoms with E-state index in [1.807, 2.05) is 0 Å². The minimum atomic E-state index is -3.71. The Morgan fingerprint density at radius 2 is 1.94 bits per heavy atom. The molecule has 3 heterocycles. The van der Waals surface area contributed by atoms with E-state index in [9.17, 15) is 18.0 Å². The maximum Gasteiger partial charge on any atom is 0.252 e. The summed E-state index contributed by atoms with van der Waals surface area (Å²) in [5.74, 6) is -0.265. The number of nitrogens with zero attached hydrogens (tertiary/aromatic N) is 2. The van der Waals surface area contributed by atoms with Gasteiger partial charge in [-0.05, 0) is 38.0 Å². The van der Waals surface area contributed by atoms with Crippen LogP contribution in [-0.4, -0.2) is 42.3 Å². The lowest BCUT2D eigenvalue weighted by atomic mass is 9.92. The van der Waals surface area contributed by atoms with Crippen molar-refractivity contribution < 1.29 is 17.9 Å². The zero-order valence-electron chi connectivity index (χ0n) is 17.8. The lowest BCUT2D eigenvalue weighted by Crippen LogP contribution is -2.36. The summed E-state index contributed by atoms with van der Waals surface area (Å²) in [6.45, 7) is 1.19. The molecule has 180 valence electrons. The molecular weight excluding hydrogens is 509 g/mol. The van der Waals surface area contributed by atoms with Crippen molar-refractivity contribution in [2.45, 2.75) is 61.1 Å². The average molecular weight is 534 g/mol. The third-order valence-corrected chi connectivity index (χ3v) is 10.0. The van der Waals surface area contributed by atoms with E-state index in [1.165, 1.54) is 17.0 Å². The summed E-state index contributed by atoms with van der Waals surface area (Å²) in [4.78, 5) is 30.2. The van der Waals surface area contributed by atoms with E-state index in [-0.39, 0.29) is 15.8 Å². The van der Waals surface area contributed by atoms with Gasteiger partial charge in [-0.3, -0.25) is 9.59 Å². The number of rotatable bonds is 7. The maximum absolute atomic E-state index is 13.2. The number of ether oxygens (including phenoxy) is 1. The molecule has 12 heteroatoms. The molecule has 33 heavy (non-hydrogen) atoms. The molecule has 1 saturated carbocycles.